The lowest BCUT2D eigenvalue weighted by Gasteiger charge is -2.21. The molecule has 0 aromatic carbocycles. The van der Waals surface area contributed by atoms with Gasteiger partial charge in [0.25, 0.3) is 0 Å². The first kappa shape index (κ1) is 25.5. The zero-order valence-electron chi connectivity index (χ0n) is 16.2. The predicted molar refractivity (Wildman–Crippen MR) is 97.0 cm³/mol. The normalized spacial score (nSPS) is 17.2. The van der Waals surface area contributed by atoms with Crippen LogP contribution in [0.5, 0.6) is 0 Å². The van der Waals surface area contributed by atoms with Crippen LogP contribution in [0.15, 0.2) is 23.3 Å². The highest BCUT2D eigenvalue weighted by molar-refractivity contribution is 5.79. The van der Waals surface area contributed by atoms with Crippen molar-refractivity contribution in [2.45, 2.75) is 31.7 Å². The van der Waals surface area contributed by atoms with Gasteiger partial charge in [0, 0.05) is 18.8 Å². The molecule has 3 rings (SSSR count). The minimum absolute atomic E-state index is 0.133. The molecule has 0 atom stereocenters. The lowest BCUT2D eigenvalue weighted by molar-refractivity contribution is -0.169. The van der Waals surface area contributed by atoms with Crippen molar-refractivity contribution in [2.24, 2.45) is 11.7 Å². The standard InChI is InChI=1S/C11H19NO4.C4H4N2O.C2H2F3NO/c13-10(7-9-1-3-12-4-2-9)16-8-11-14-5-6-15-11;7-4-5-2-1-3-6-4;3-2(4,5)1(6)7/h9,11-12H,1-8H2;1-3H,(H,5,6,7);(H2,6,7). The van der Waals surface area contributed by atoms with Crippen LogP contribution in [-0.4, -0.2) is 67.2 Å². The lowest BCUT2D eigenvalue weighted by Crippen LogP contribution is -2.30. The highest BCUT2D eigenvalue weighted by Gasteiger charge is 2.35. The number of alkyl halides is 3. The van der Waals surface area contributed by atoms with E-state index in [0.29, 0.717) is 25.6 Å². The van der Waals surface area contributed by atoms with Crippen molar-refractivity contribution in [3.63, 3.8) is 0 Å². The number of nitrogens with two attached hydrogens (primary N) is 1. The number of carbonyl (C=O) groups is 2. The average Bonchev–Trinajstić information content (AvgIpc) is 3.22. The Bertz CT molecular complexity index is 671. The summed E-state index contributed by atoms with van der Waals surface area (Å²) in [6.45, 7) is 3.43. The molecule has 2 saturated heterocycles. The number of nitrogens with one attached hydrogen (secondary N) is 2. The van der Waals surface area contributed by atoms with Gasteiger partial charge in [0.05, 0.1) is 13.2 Å². The molecule has 1 amide bonds. The highest BCUT2D eigenvalue weighted by Crippen LogP contribution is 2.16. The summed E-state index contributed by atoms with van der Waals surface area (Å²) in [6.07, 6.45) is 0.413. The molecule has 30 heavy (non-hydrogen) atoms. The van der Waals surface area contributed by atoms with Crippen molar-refractivity contribution in [1.29, 1.82) is 0 Å². The maximum Gasteiger partial charge on any atom is 0.470 e. The van der Waals surface area contributed by atoms with Crippen molar-refractivity contribution in [3.8, 4) is 0 Å². The molecule has 3 heterocycles. The molecule has 1 aromatic rings. The van der Waals surface area contributed by atoms with Gasteiger partial charge in [0.1, 0.15) is 6.61 Å². The smallest absolute Gasteiger partial charge is 0.460 e. The van der Waals surface area contributed by atoms with Gasteiger partial charge < -0.3 is 30.2 Å². The molecule has 0 unspecified atom stereocenters. The van der Waals surface area contributed by atoms with Crippen molar-refractivity contribution < 1.29 is 37.0 Å². The third kappa shape index (κ3) is 12.1. The van der Waals surface area contributed by atoms with Crippen LogP contribution in [0.4, 0.5) is 13.2 Å². The van der Waals surface area contributed by atoms with Gasteiger partial charge in [-0.05, 0) is 37.9 Å². The number of rotatable bonds is 4. The largest absolute Gasteiger partial charge is 0.470 e. The van der Waals surface area contributed by atoms with Crippen LogP contribution in [0.2, 0.25) is 0 Å². The van der Waals surface area contributed by atoms with Gasteiger partial charge >= 0.3 is 23.7 Å². The van der Waals surface area contributed by atoms with Gasteiger partial charge in [-0.25, -0.2) is 9.78 Å². The number of halogens is 3. The van der Waals surface area contributed by atoms with Gasteiger partial charge in [-0.2, -0.15) is 13.2 Å². The fraction of sp³-hybridized carbons (Fsp3) is 0.647. The van der Waals surface area contributed by atoms with Crippen LogP contribution in [0, 0.1) is 5.92 Å². The number of hydrogen-bond donors (Lipinski definition) is 3. The number of nitrogens with zero attached hydrogens (tertiary/aromatic N) is 1. The molecule has 170 valence electrons. The van der Waals surface area contributed by atoms with E-state index in [0.717, 1.165) is 25.9 Å². The van der Waals surface area contributed by atoms with Gasteiger partial charge in [-0.3, -0.25) is 9.59 Å². The summed E-state index contributed by atoms with van der Waals surface area (Å²) in [6, 6.07) is 1.65. The van der Waals surface area contributed by atoms with Crippen LogP contribution in [-0.2, 0) is 23.8 Å². The highest BCUT2D eigenvalue weighted by atomic mass is 19.4. The van der Waals surface area contributed by atoms with Crippen LogP contribution in [0.25, 0.3) is 0 Å². The molecule has 2 fully saturated rings. The van der Waals surface area contributed by atoms with Crippen LogP contribution < -0.4 is 16.7 Å². The lowest BCUT2D eigenvalue weighted by atomic mass is 9.95. The number of ether oxygens (including phenoxy) is 3. The van der Waals surface area contributed by atoms with Crippen molar-refractivity contribution >= 4 is 11.9 Å². The Labute approximate surface area is 170 Å². The van der Waals surface area contributed by atoms with Gasteiger partial charge in [-0.15, -0.1) is 0 Å². The van der Waals surface area contributed by atoms with E-state index < -0.39 is 12.1 Å². The second kappa shape index (κ2) is 13.7. The van der Waals surface area contributed by atoms with Crippen LogP contribution in [0.3, 0.4) is 0 Å². The maximum absolute atomic E-state index is 11.5. The maximum atomic E-state index is 11.5. The average molecular weight is 438 g/mol. The molecule has 1 aromatic heterocycles. The summed E-state index contributed by atoms with van der Waals surface area (Å²) < 4.78 is 47.6. The number of amides is 1. The molecule has 10 nitrogen and oxygen atoms in total. The third-order valence-electron chi connectivity index (χ3n) is 3.85. The molecule has 13 heteroatoms. The van der Waals surface area contributed by atoms with E-state index in [1.165, 1.54) is 12.4 Å². The Hall–Kier alpha value is -2.51. The van der Waals surface area contributed by atoms with E-state index >= 15 is 0 Å². The van der Waals surface area contributed by atoms with Gasteiger partial charge in [0.2, 0.25) is 0 Å². The quantitative estimate of drug-likeness (QED) is 0.561. The molecule has 0 spiro atoms. The van der Waals surface area contributed by atoms with Crippen molar-refractivity contribution in [2.75, 3.05) is 32.9 Å². The zero-order valence-corrected chi connectivity index (χ0v) is 16.2. The number of aromatic amines is 1. The summed E-state index contributed by atoms with van der Waals surface area (Å²) >= 11 is 0. The fourth-order valence-corrected chi connectivity index (χ4v) is 2.36. The minimum Gasteiger partial charge on any atom is -0.460 e. The Balaban J connectivity index is 0.000000267. The Morgan fingerprint density at radius 1 is 1.23 bits per heavy atom. The molecule has 0 saturated carbocycles. The molecule has 0 aliphatic carbocycles. The van der Waals surface area contributed by atoms with Crippen molar-refractivity contribution in [1.82, 2.24) is 15.3 Å². The summed E-state index contributed by atoms with van der Waals surface area (Å²) in [5.41, 5.74) is 3.50. The third-order valence-corrected chi connectivity index (χ3v) is 3.85. The number of aromatic nitrogens is 2. The number of carbonyl (C=O) groups excluding carboxylic acids is 2. The van der Waals surface area contributed by atoms with E-state index in [4.69, 9.17) is 19.0 Å². The molecule has 2 aliphatic heterocycles. The van der Waals surface area contributed by atoms with E-state index in [-0.39, 0.29) is 24.6 Å². The van der Waals surface area contributed by atoms with E-state index in [1.54, 1.807) is 6.07 Å². The van der Waals surface area contributed by atoms with Gasteiger partial charge in [0.15, 0.2) is 6.29 Å². The first-order valence-electron chi connectivity index (χ1n) is 9.14. The SMILES string of the molecule is NC(=O)C(F)(F)F.O=C(CC1CCNCC1)OCC1OCCO1.O=c1nccc[nH]1. The molecular weight excluding hydrogens is 413 g/mol. The molecule has 0 radical (unpaired) electrons. The zero-order chi connectivity index (χ0) is 22.4. The Morgan fingerprint density at radius 2 is 1.83 bits per heavy atom. The molecule has 4 N–H and O–H groups in total. The Morgan fingerprint density at radius 3 is 2.27 bits per heavy atom. The summed E-state index contributed by atoms with van der Waals surface area (Å²) in [5, 5.41) is 3.27. The van der Waals surface area contributed by atoms with Crippen LogP contribution >= 0.6 is 0 Å². The number of H-pyrrole nitrogens is 1. The van der Waals surface area contributed by atoms with E-state index in [2.05, 4.69) is 21.0 Å². The second-order valence-electron chi connectivity index (χ2n) is 6.20. The molecule has 0 bridgehead atoms. The fourth-order valence-electron chi connectivity index (χ4n) is 2.36. The minimum atomic E-state index is -4.86. The second-order valence-corrected chi connectivity index (χ2v) is 6.20. The molecule has 2 aliphatic rings. The Kier molecular flexibility index (Phi) is 11.6. The number of esters is 1. The number of primary amides is 1. The van der Waals surface area contributed by atoms with Crippen molar-refractivity contribution in [3.05, 3.63) is 28.9 Å². The summed E-state index contributed by atoms with van der Waals surface area (Å²) in [7, 11) is 0. The summed E-state index contributed by atoms with van der Waals surface area (Å²) in [5.74, 6) is -1.92. The summed E-state index contributed by atoms with van der Waals surface area (Å²) in [4.78, 5) is 36.5. The van der Waals surface area contributed by atoms with E-state index in [9.17, 15) is 22.8 Å². The monoisotopic (exact) mass is 438 g/mol. The molecular formula is C17H25F3N4O6. The first-order valence-corrected chi connectivity index (χ1v) is 9.14. The predicted octanol–water partition coefficient (Wildman–Crippen LogP) is 0.0961. The van der Waals surface area contributed by atoms with Crippen LogP contribution in [0.1, 0.15) is 19.3 Å². The first-order chi connectivity index (χ1) is 14.2. The number of hydrogen-bond acceptors (Lipinski definition) is 8. The topological polar surface area (TPSA) is 146 Å². The van der Waals surface area contributed by atoms with E-state index in [1.807, 2.05) is 0 Å². The number of piperidine rings is 1. The van der Waals surface area contributed by atoms with Gasteiger partial charge in [-0.1, -0.05) is 0 Å².